The summed E-state index contributed by atoms with van der Waals surface area (Å²) in [7, 11) is -4.67. The maximum Gasteiger partial charge on any atom is 0.472 e. The van der Waals surface area contributed by atoms with Gasteiger partial charge in [-0.3, -0.25) is 23.4 Å². The summed E-state index contributed by atoms with van der Waals surface area (Å²) in [4.78, 5) is 47.8. The maximum atomic E-state index is 12.7. The Labute approximate surface area is 349 Å². The van der Waals surface area contributed by atoms with Gasteiger partial charge < -0.3 is 34.8 Å². The Morgan fingerprint density at radius 3 is 1.88 bits per heavy atom. The zero-order valence-electron chi connectivity index (χ0n) is 36.2. The molecule has 58 heavy (non-hydrogen) atoms. The number of hydrogen-bond acceptors (Lipinski definition) is 12. The number of carbonyl (C=O) groups is 3. The van der Waals surface area contributed by atoms with Crippen molar-refractivity contribution >= 4 is 25.5 Å². The maximum absolute atomic E-state index is 12.7. The minimum atomic E-state index is -4.67. The van der Waals surface area contributed by atoms with Crippen LogP contribution in [0.1, 0.15) is 181 Å². The Bertz CT molecular complexity index is 1150. The number of phosphoric ester groups is 1. The first-order valence-corrected chi connectivity index (χ1v) is 24.1. The number of carbonyl (C=O) groups excluding carboxylic acids is 3. The molecule has 0 aromatic carbocycles. The van der Waals surface area contributed by atoms with Gasteiger partial charge in [0, 0.05) is 31.1 Å². The number of ether oxygens (including phenoxy) is 2. The lowest BCUT2D eigenvalue weighted by Crippen LogP contribution is -2.29. The second kappa shape index (κ2) is 34.0. The molecule has 1 fully saturated rings. The van der Waals surface area contributed by atoms with Crippen molar-refractivity contribution in [1.29, 1.82) is 0 Å². The molecule has 1 unspecified atom stereocenters. The van der Waals surface area contributed by atoms with Crippen molar-refractivity contribution in [3.05, 3.63) is 12.2 Å². The van der Waals surface area contributed by atoms with E-state index in [-0.39, 0.29) is 36.9 Å². The number of esters is 2. The van der Waals surface area contributed by atoms with Gasteiger partial charge in [-0.1, -0.05) is 148 Å². The highest BCUT2D eigenvalue weighted by Gasteiger charge is 2.39. The molecule has 0 bridgehead atoms. The predicted molar refractivity (Wildman–Crippen MR) is 225 cm³/mol. The van der Waals surface area contributed by atoms with E-state index in [0.29, 0.717) is 32.1 Å². The van der Waals surface area contributed by atoms with Gasteiger partial charge in [-0.15, -0.1) is 0 Å². The van der Waals surface area contributed by atoms with Gasteiger partial charge >= 0.3 is 19.8 Å². The van der Waals surface area contributed by atoms with Gasteiger partial charge in [0.05, 0.1) is 32.0 Å². The number of unbranched alkanes of at least 4 members (excludes halogenated alkanes) is 16. The van der Waals surface area contributed by atoms with Crippen LogP contribution in [0.5, 0.6) is 0 Å². The van der Waals surface area contributed by atoms with Crippen LogP contribution in [0.4, 0.5) is 0 Å². The van der Waals surface area contributed by atoms with Gasteiger partial charge in [0.15, 0.2) is 6.10 Å². The number of Topliss-reactive ketones (excluding diaryl/α,β-unsaturated/α-hetero) is 1. The summed E-state index contributed by atoms with van der Waals surface area (Å²) >= 11 is 0. The van der Waals surface area contributed by atoms with Crippen molar-refractivity contribution in [2.75, 3.05) is 26.4 Å². The van der Waals surface area contributed by atoms with Crippen LogP contribution in [-0.2, 0) is 37.5 Å². The van der Waals surface area contributed by atoms with Gasteiger partial charge in [0.2, 0.25) is 0 Å². The van der Waals surface area contributed by atoms with E-state index in [1.807, 2.05) is 0 Å². The molecule has 1 rings (SSSR count). The van der Waals surface area contributed by atoms with Crippen LogP contribution in [0.25, 0.3) is 0 Å². The molecule has 14 heteroatoms. The SMILES string of the molecule is CCCCC[C@H](O)/C=C/[C@H]1[C@H](O)CC(=O)[C@@H]1CCCCCCC(=O)OC[C@H](COP(=O)(O)OC[C@@H](O)CO)OC(=O)CCCCCCCCCCCCCCC(C)C. The first-order chi connectivity index (χ1) is 27.8. The highest BCUT2D eigenvalue weighted by atomic mass is 31.2. The third-order valence-electron chi connectivity index (χ3n) is 10.7. The highest BCUT2D eigenvalue weighted by Crippen LogP contribution is 2.43. The Kier molecular flexibility index (Phi) is 31.8. The summed E-state index contributed by atoms with van der Waals surface area (Å²) in [6.07, 6.45) is 22.3. The molecule has 0 amide bonds. The summed E-state index contributed by atoms with van der Waals surface area (Å²) in [6.45, 7) is 4.34. The quantitative estimate of drug-likeness (QED) is 0.0171. The third-order valence-corrected chi connectivity index (χ3v) is 11.7. The molecule has 0 aliphatic heterocycles. The Morgan fingerprint density at radius 2 is 1.29 bits per heavy atom. The van der Waals surface area contributed by atoms with Crippen molar-refractivity contribution in [2.45, 2.75) is 206 Å². The summed E-state index contributed by atoms with van der Waals surface area (Å²) in [5.41, 5.74) is 0. The lowest BCUT2D eigenvalue weighted by Gasteiger charge is -2.20. The molecule has 1 saturated carbocycles. The van der Waals surface area contributed by atoms with Crippen molar-refractivity contribution < 1.29 is 62.8 Å². The van der Waals surface area contributed by atoms with Gasteiger partial charge in [-0.2, -0.15) is 0 Å². The summed E-state index contributed by atoms with van der Waals surface area (Å²) < 4.78 is 32.7. The minimum Gasteiger partial charge on any atom is -0.462 e. The van der Waals surface area contributed by atoms with Crippen LogP contribution in [-0.4, -0.2) is 93.9 Å². The van der Waals surface area contributed by atoms with Crippen molar-refractivity contribution in [2.24, 2.45) is 17.8 Å². The lowest BCUT2D eigenvalue weighted by molar-refractivity contribution is -0.161. The molecule has 0 aromatic heterocycles. The fraction of sp³-hybridized carbons (Fsp3) is 0.886. The Morgan fingerprint density at radius 1 is 0.759 bits per heavy atom. The van der Waals surface area contributed by atoms with Crippen LogP contribution in [0.15, 0.2) is 12.2 Å². The largest absolute Gasteiger partial charge is 0.472 e. The van der Waals surface area contributed by atoms with Gasteiger partial charge in [0.1, 0.15) is 18.5 Å². The normalized spacial score (nSPS) is 19.7. The van der Waals surface area contributed by atoms with E-state index < -0.39 is 70.6 Å². The highest BCUT2D eigenvalue weighted by molar-refractivity contribution is 7.47. The lowest BCUT2D eigenvalue weighted by atomic mass is 9.88. The van der Waals surface area contributed by atoms with Crippen molar-refractivity contribution in [3.63, 3.8) is 0 Å². The number of aliphatic hydroxyl groups is 4. The molecule has 1 aliphatic rings. The zero-order chi connectivity index (χ0) is 43.0. The zero-order valence-corrected chi connectivity index (χ0v) is 37.0. The van der Waals surface area contributed by atoms with E-state index in [2.05, 4.69) is 25.3 Å². The third kappa shape index (κ3) is 28.7. The molecule has 1 aliphatic carbocycles. The Hall–Kier alpha value is -1.70. The van der Waals surface area contributed by atoms with Crippen LogP contribution in [0.2, 0.25) is 0 Å². The number of hydrogen-bond donors (Lipinski definition) is 5. The molecule has 0 saturated heterocycles. The fourth-order valence-electron chi connectivity index (χ4n) is 7.19. The molecule has 340 valence electrons. The molecule has 0 spiro atoms. The molecular weight excluding hydrogens is 767 g/mol. The fourth-order valence-corrected chi connectivity index (χ4v) is 7.98. The number of aliphatic hydroxyl groups excluding tert-OH is 4. The monoisotopic (exact) mass is 849 g/mol. The topological polar surface area (TPSA) is 206 Å². The van der Waals surface area contributed by atoms with E-state index in [1.165, 1.54) is 57.8 Å². The molecule has 13 nitrogen and oxygen atoms in total. The summed E-state index contributed by atoms with van der Waals surface area (Å²) in [5.74, 6) is -0.855. The molecule has 7 atom stereocenters. The molecule has 5 N–H and O–H groups in total. The predicted octanol–water partition coefficient (Wildman–Crippen LogP) is 8.45. The van der Waals surface area contributed by atoms with E-state index in [9.17, 15) is 39.2 Å². The molecule has 0 aromatic rings. The standard InChI is InChI=1S/C44H81O13P/c1-4-5-18-24-36(46)28-29-40-39(41(48)30-42(40)49)25-20-16-17-21-26-43(50)54-33-38(34-56-58(52,53)55-32-37(47)31-45)57-44(51)27-22-15-13-11-9-7-6-8-10-12-14-19-23-35(2)3/h28-29,35-40,42,45-47,49H,4-27,30-34H2,1-3H3,(H,52,53)/b29-28+/t36-,37-,38+,39+,40+,42+/m0/s1. The summed E-state index contributed by atoms with van der Waals surface area (Å²) in [5, 5.41) is 39.1. The van der Waals surface area contributed by atoms with Crippen LogP contribution in [0, 0.1) is 17.8 Å². The molecule has 0 heterocycles. The van der Waals surface area contributed by atoms with E-state index in [4.69, 9.17) is 19.1 Å². The number of phosphoric acid groups is 1. The molecular formula is C44H81O13P. The van der Waals surface area contributed by atoms with E-state index in [1.54, 1.807) is 12.2 Å². The average molecular weight is 849 g/mol. The number of ketones is 1. The van der Waals surface area contributed by atoms with Crippen LogP contribution in [0.3, 0.4) is 0 Å². The van der Waals surface area contributed by atoms with Crippen molar-refractivity contribution in [3.8, 4) is 0 Å². The first-order valence-electron chi connectivity index (χ1n) is 22.6. The van der Waals surface area contributed by atoms with Gasteiger partial charge in [-0.25, -0.2) is 4.57 Å². The summed E-state index contributed by atoms with van der Waals surface area (Å²) in [6, 6.07) is 0. The number of rotatable bonds is 38. The van der Waals surface area contributed by atoms with Gasteiger partial charge in [-0.05, 0) is 31.6 Å². The minimum absolute atomic E-state index is 0.0340. The smallest absolute Gasteiger partial charge is 0.462 e. The van der Waals surface area contributed by atoms with E-state index in [0.717, 1.165) is 57.3 Å². The Balaban J connectivity index is 2.42. The first kappa shape index (κ1) is 54.3. The molecule has 0 radical (unpaired) electrons. The van der Waals surface area contributed by atoms with Gasteiger partial charge in [0.25, 0.3) is 0 Å². The van der Waals surface area contributed by atoms with Crippen LogP contribution < -0.4 is 0 Å². The van der Waals surface area contributed by atoms with E-state index >= 15 is 0 Å². The average Bonchev–Trinajstić information content (AvgIpc) is 3.45. The second-order valence-electron chi connectivity index (χ2n) is 16.7. The second-order valence-corrected chi connectivity index (χ2v) is 18.1. The van der Waals surface area contributed by atoms with Crippen molar-refractivity contribution in [1.82, 2.24) is 0 Å². The van der Waals surface area contributed by atoms with Crippen LogP contribution >= 0.6 is 7.82 Å².